The Morgan fingerprint density at radius 1 is 1.15 bits per heavy atom. The Hall–Kier alpha value is -2.67. The number of carbonyl (C=O) groups is 1. The number of amides is 2. The van der Waals surface area contributed by atoms with Crippen molar-refractivity contribution in [2.24, 2.45) is 0 Å². The fraction of sp³-hybridized carbons (Fsp3) is 0.593. The minimum atomic E-state index is -0.226. The molecule has 0 aromatic heterocycles. The first kappa shape index (κ1) is 23.1. The van der Waals surface area contributed by atoms with E-state index in [9.17, 15) is 4.79 Å². The largest absolute Gasteiger partial charge is 0.497 e. The lowest BCUT2D eigenvalue weighted by atomic mass is 9.82. The molecule has 2 amide bonds. The fourth-order valence-corrected chi connectivity index (χ4v) is 6.54. The second-order valence-electron chi connectivity index (χ2n) is 10.1. The molecule has 4 aliphatic rings. The van der Waals surface area contributed by atoms with Crippen molar-refractivity contribution in [2.75, 3.05) is 47.4 Å². The summed E-state index contributed by atoms with van der Waals surface area (Å²) in [6.07, 6.45) is 9.86. The van der Waals surface area contributed by atoms with Crippen molar-refractivity contribution in [3.63, 3.8) is 0 Å². The number of nitrogens with zero attached hydrogens (tertiary/aromatic N) is 4. The molecule has 7 heteroatoms. The van der Waals surface area contributed by atoms with Crippen LogP contribution in [0, 0.1) is 0 Å². The number of fused-ring (bicyclic) bond motifs is 3. The molecule has 4 heterocycles. The average Bonchev–Trinajstić information content (AvgIpc) is 3.27. The van der Waals surface area contributed by atoms with Gasteiger partial charge in [-0.05, 0) is 44.0 Å². The zero-order chi connectivity index (χ0) is 24.0. The molecule has 1 unspecified atom stereocenters. The van der Waals surface area contributed by atoms with Gasteiger partial charge in [0, 0.05) is 62.5 Å². The summed E-state index contributed by atoms with van der Waals surface area (Å²) in [5.74, 6) is 1.74. The van der Waals surface area contributed by atoms with E-state index in [2.05, 4.69) is 60.0 Å². The third-order valence-electron chi connectivity index (χ3n) is 8.39. The number of methoxy groups -OCH3 is 2. The molecule has 1 aromatic carbocycles. The predicted octanol–water partition coefficient (Wildman–Crippen LogP) is 4.01. The Bertz CT molecular complexity index is 1010. The topological polar surface area (TPSA) is 48.5 Å². The summed E-state index contributed by atoms with van der Waals surface area (Å²) < 4.78 is 11.3. The number of benzene rings is 1. The maximum Gasteiger partial charge on any atom is 0.325 e. The van der Waals surface area contributed by atoms with Gasteiger partial charge < -0.3 is 24.2 Å². The van der Waals surface area contributed by atoms with Crippen LogP contribution in [0.2, 0.25) is 0 Å². The Morgan fingerprint density at radius 2 is 1.91 bits per heavy atom. The van der Waals surface area contributed by atoms with Crippen molar-refractivity contribution in [1.82, 2.24) is 19.6 Å². The van der Waals surface area contributed by atoms with Gasteiger partial charge in [0.15, 0.2) is 0 Å². The summed E-state index contributed by atoms with van der Waals surface area (Å²) in [6.45, 7) is 8.72. The monoisotopic (exact) mass is 466 g/mol. The van der Waals surface area contributed by atoms with Crippen LogP contribution in [-0.4, -0.2) is 84.7 Å². The third kappa shape index (κ3) is 3.56. The van der Waals surface area contributed by atoms with E-state index < -0.39 is 0 Å². The van der Waals surface area contributed by atoms with Crippen molar-refractivity contribution < 1.29 is 14.3 Å². The first-order valence-electron chi connectivity index (χ1n) is 12.6. The summed E-state index contributed by atoms with van der Waals surface area (Å²) in [7, 11) is 5.55. The number of rotatable bonds is 5. The molecule has 1 aromatic rings. The van der Waals surface area contributed by atoms with E-state index in [-0.39, 0.29) is 17.5 Å². The zero-order valence-corrected chi connectivity index (χ0v) is 21.2. The number of likely N-dealkylation sites (N-methyl/N-ethyl adjacent to an activating group) is 2. The standard InChI is InChI=1S/C27H38N4O3/c1-6-31-26(32)30-17-20-15-22(33-4)16-23(34-5)25(20)19(2)14-24(30)27(31)9-12-29(13-10-27)18-21-8-7-11-28(21)3/h7,11,14-16,19,21H,6,8-10,12-13,17-18H2,1-5H3/t19-,21?/m1/s1. The fourth-order valence-electron chi connectivity index (χ4n) is 6.54. The van der Waals surface area contributed by atoms with Gasteiger partial charge in [0.05, 0.1) is 26.3 Å². The van der Waals surface area contributed by atoms with Crippen molar-refractivity contribution >= 4 is 6.03 Å². The molecule has 34 heavy (non-hydrogen) atoms. The van der Waals surface area contributed by atoms with Crippen LogP contribution in [0.5, 0.6) is 11.5 Å². The van der Waals surface area contributed by atoms with Gasteiger partial charge in [-0.25, -0.2) is 4.79 Å². The van der Waals surface area contributed by atoms with Gasteiger partial charge in [0.25, 0.3) is 0 Å². The van der Waals surface area contributed by atoms with Crippen LogP contribution in [-0.2, 0) is 6.54 Å². The third-order valence-corrected chi connectivity index (χ3v) is 8.39. The number of hydrogen-bond donors (Lipinski definition) is 0. The van der Waals surface area contributed by atoms with Gasteiger partial charge in [0.1, 0.15) is 11.5 Å². The number of carbonyl (C=O) groups excluding carboxylic acids is 1. The predicted molar refractivity (Wildman–Crippen MR) is 133 cm³/mol. The summed E-state index contributed by atoms with van der Waals surface area (Å²) in [4.78, 5) is 22.8. The van der Waals surface area contributed by atoms with Crippen LogP contribution in [0.25, 0.3) is 0 Å². The summed E-state index contributed by atoms with van der Waals surface area (Å²) in [6, 6.07) is 4.71. The molecule has 2 fully saturated rings. The molecule has 1 spiro atoms. The van der Waals surface area contributed by atoms with E-state index >= 15 is 0 Å². The van der Waals surface area contributed by atoms with Gasteiger partial charge in [-0.1, -0.05) is 19.1 Å². The maximum absolute atomic E-state index is 13.7. The highest BCUT2D eigenvalue weighted by molar-refractivity contribution is 5.83. The lowest BCUT2D eigenvalue weighted by molar-refractivity contribution is 0.0815. The van der Waals surface area contributed by atoms with Crippen LogP contribution >= 0.6 is 0 Å². The smallest absolute Gasteiger partial charge is 0.325 e. The van der Waals surface area contributed by atoms with Crippen LogP contribution < -0.4 is 9.47 Å². The van der Waals surface area contributed by atoms with Crippen LogP contribution in [0.1, 0.15) is 50.2 Å². The number of urea groups is 1. The quantitative estimate of drug-likeness (QED) is 0.656. The van der Waals surface area contributed by atoms with Gasteiger partial charge in [-0.2, -0.15) is 0 Å². The van der Waals surface area contributed by atoms with Gasteiger partial charge in [0.2, 0.25) is 0 Å². The molecular weight excluding hydrogens is 428 g/mol. The van der Waals surface area contributed by atoms with Gasteiger partial charge in [-0.3, -0.25) is 4.90 Å². The van der Waals surface area contributed by atoms with Crippen molar-refractivity contribution in [2.45, 2.75) is 57.2 Å². The highest BCUT2D eigenvalue weighted by atomic mass is 16.5. The van der Waals surface area contributed by atoms with Crippen molar-refractivity contribution in [3.8, 4) is 11.5 Å². The van der Waals surface area contributed by atoms with Crippen molar-refractivity contribution in [3.05, 3.63) is 47.3 Å². The molecule has 0 aliphatic carbocycles. The summed E-state index contributed by atoms with van der Waals surface area (Å²) >= 11 is 0. The molecular formula is C27H38N4O3. The highest BCUT2D eigenvalue weighted by Crippen LogP contribution is 2.49. The minimum Gasteiger partial charge on any atom is -0.497 e. The molecule has 7 nitrogen and oxygen atoms in total. The van der Waals surface area contributed by atoms with E-state index in [1.165, 1.54) is 5.70 Å². The molecule has 184 valence electrons. The molecule has 2 atom stereocenters. The first-order chi connectivity index (χ1) is 16.4. The van der Waals surface area contributed by atoms with Crippen LogP contribution in [0.15, 0.2) is 36.2 Å². The Labute approximate surface area is 203 Å². The van der Waals surface area contributed by atoms with Gasteiger partial charge >= 0.3 is 6.03 Å². The normalized spacial score (nSPS) is 26.0. The van der Waals surface area contributed by atoms with Crippen molar-refractivity contribution in [1.29, 1.82) is 0 Å². The number of hydrogen-bond acceptors (Lipinski definition) is 5. The number of piperidine rings is 1. The Kier molecular flexibility index (Phi) is 6.00. The Balaban J connectivity index is 1.45. The lowest BCUT2D eigenvalue weighted by Crippen LogP contribution is -2.55. The molecule has 0 saturated carbocycles. The van der Waals surface area contributed by atoms with E-state index in [0.717, 1.165) is 68.1 Å². The Morgan fingerprint density at radius 3 is 2.53 bits per heavy atom. The van der Waals surface area contributed by atoms with Crippen LogP contribution in [0.4, 0.5) is 4.79 Å². The summed E-state index contributed by atoms with van der Waals surface area (Å²) in [5.41, 5.74) is 3.22. The first-order valence-corrected chi connectivity index (χ1v) is 12.6. The van der Waals surface area contributed by atoms with Gasteiger partial charge in [-0.15, -0.1) is 0 Å². The van der Waals surface area contributed by atoms with E-state index in [1.807, 2.05) is 11.0 Å². The van der Waals surface area contributed by atoms with Crippen LogP contribution in [0.3, 0.4) is 0 Å². The number of likely N-dealkylation sites (tertiary alicyclic amines) is 1. The zero-order valence-electron chi connectivity index (χ0n) is 21.2. The second-order valence-corrected chi connectivity index (χ2v) is 10.1. The van der Waals surface area contributed by atoms with E-state index in [0.29, 0.717) is 12.6 Å². The molecule has 0 radical (unpaired) electrons. The maximum atomic E-state index is 13.7. The molecule has 0 bridgehead atoms. The SMILES string of the molecule is CCN1C(=O)N2Cc3cc(OC)cc(OC)c3[C@H](C)C=C2C12CCN(CC1CC=CN1C)CC2. The average molecular weight is 467 g/mol. The molecule has 0 N–H and O–H groups in total. The van der Waals surface area contributed by atoms with E-state index in [4.69, 9.17) is 9.47 Å². The lowest BCUT2D eigenvalue weighted by Gasteiger charge is -2.45. The number of allylic oxidation sites excluding steroid dienone is 1. The summed E-state index contributed by atoms with van der Waals surface area (Å²) in [5, 5.41) is 0. The second kappa shape index (κ2) is 8.84. The number of ether oxygens (including phenoxy) is 2. The molecule has 5 rings (SSSR count). The molecule has 4 aliphatic heterocycles. The minimum absolute atomic E-state index is 0.128. The highest BCUT2D eigenvalue weighted by Gasteiger charge is 2.54. The van der Waals surface area contributed by atoms with E-state index in [1.54, 1.807) is 14.2 Å². The molecule has 2 saturated heterocycles.